The van der Waals surface area contributed by atoms with Gasteiger partial charge in [-0.25, -0.2) is 0 Å². The van der Waals surface area contributed by atoms with E-state index in [9.17, 15) is 4.79 Å². The monoisotopic (exact) mass is 457 g/mol. The average Bonchev–Trinajstić information content (AvgIpc) is 3.01. The van der Waals surface area contributed by atoms with Crippen molar-refractivity contribution < 1.29 is 4.79 Å². The highest BCUT2D eigenvalue weighted by atomic mass is 35.5. The molecule has 1 saturated heterocycles. The molecule has 1 heterocycles. The van der Waals surface area contributed by atoms with Crippen LogP contribution in [0.15, 0.2) is 46.4 Å². The maximum absolute atomic E-state index is 12.0. The van der Waals surface area contributed by atoms with Crippen molar-refractivity contribution in [1.82, 2.24) is 5.32 Å². The van der Waals surface area contributed by atoms with Gasteiger partial charge in [0, 0.05) is 17.9 Å². The summed E-state index contributed by atoms with van der Waals surface area (Å²) in [5.74, 6) is 0.432. The molecule has 0 spiro atoms. The van der Waals surface area contributed by atoms with Crippen molar-refractivity contribution in [3.05, 3.63) is 56.5 Å². The van der Waals surface area contributed by atoms with Gasteiger partial charge in [0.15, 0.2) is 0 Å². The molecule has 0 bridgehead atoms. The number of hydrogen-bond donors (Lipinski definition) is 2. The number of nitrogens with zero attached hydrogens (tertiary/aromatic N) is 3. The molecule has 0 radical (unpaired) electrons. The third-order valence-corrected chi connectivity index (χ3v) is 5.20. The third kappa shape index (κ3) is 4.89. The molecule has 0 aromatic heterocycles. The second kappa shape index (κ2) is 9.01. The Balaban J connectivity index is 1.91. The van der Waals surface area contributed by atoms with Crippen molar-refractivity contribution in [3.8, 4) is 0 Å². The summed E-state index contributed by atoms with van der Waals surface area (Å²) < 4.78 is 0. The van der Waals surface area contributed by atoms with Gasteiger partial charge in [0.2, 0.25) is 17.8 Å². The maximum Gasteiger partial charge on any atom is 0.246 e. The van der Waals surface area contributed by atoms with Crippen molar-refractivity contribution in [1.29, 1.82) is 0 Å². The molecule has 2 aromatic rings. The summed E-state index contributed by atoms with van der Waals surface area (Å²) >= 11 is 24.1. The standard InChI is InChI=1S/C18H15Cl4N5O/c1-2-23-17(24-10-3-5-12(19)14(21)7-10)26-18-25-16(28)9-27(18)11-4-6-13(20)15(22)8-11/h3-8H,2,9H2,1H3,(H2,23,24,25,26,28). The molecule has 2 N–H and O–H groups in total. The van der Waals surface area contributed by atoms with Crippen LogP contribution in [-0.2, 0) is 4.79 Å². The number of aliphatic imine (C=N–C) groups is 2. The number of benzene rings is 2. The highest BCUT2D eigenvalue weighted by Crippen LogP contribution is 2.28. The quantitative estimate of drug-likeness (QED) is 0.497. The van der Waals surface area contributed by atoms with Gasteiger partial charge in [0.05, 0.1) is 20.1 Å². The summed E-state index contributed by atoms with van der Waals surface area (Å²) in [6, 6.07) is 10.2. The van der Waals surface area contributed by atoms with E-state index in [1.807, 2.05) is 6.92 Å². The number of anilines is 2. The van der Waals surface area contributed by atoms with Crippen LogP contribution in [0.3, 0.4) is 0 Å². The van der Waals surface area contributed by atoms with Crippen LogP contribution in [0.1, 0.15) is 6.92 Å². The minimum Gasteiger partial charge on any atom is -0.324 e. The van der Waals surface area contributed by atoms with E-state index in [-0.39, 0.29) is 12.5 Å². The maximum atomic E-state index is 12.0. The Morgan fingerprint density at radius 2 is 1.75 bits per heavy atom. The Hall–Kier alpha value is -1.99. The van der Waals surface area contributed by atoms with Crippen LogP contribution in [0.5, 0.6) is 0 Å². The molecule has 10 heteroatoms. The van der Waals surface area contributed by atoms with E-state index in [0.29, 0.717) is 49.9 Å². The molecule has 0 unspecified atom stereocenters. The zero-order valence-electron chi connectivity index (χ0n) is 14.6. The van der Waals surface area contributed by atoms with Crippen LogP contribution in [0.4, 0.5) is 11.4 Å². The summed E-state index contributed by atoms with van der Waals surface area (Å²) in [6.45, 7) is 2.46. The lowest BCUT2D eigenvalue weighted by Gasteiger charge is -2.18. The Bertz CT molecular complexity index is 976. The fourth-order valence-electron chi connectivity index (χ4n) is 2.46. The third-order valence-electron chi connectivity index (χ3n) is 3.72. The zero-order chi connectivity index (χ0) is 20.3. The molecule has 1 amide bonds. The lowest BCUT2D eigenvalue weighted by molar-refractivity contribution is -0.117. The zero-order valence-corrected chi connectivity index (χ0v) is 17.7. The molecule has 146 valence electrons. The molecule has 0 atom stereocenters. The van der Waals surface area contributed by atoms with Crippen LogP contribution in [0.25, 0.3) is 0 Å². The highest BCUT2D eigenvalue weighted by Gasteiger charge is 2.27. The van der Waals surface area contributed by atoms with Crippen molar-refractivity contribution in [2.24, 2.45) is 9.98 Å². The lowest BCUT2D eigenvalue weighted by atomic mass is 10.3. The predicted molar refractivity (Wildman–Crippen MR) is 117 cm³/mol. The number of nitrogens with one attached hydrogen (secondary N) is 2. The molecule has 0 saturated carbocycles. The van der Waals surface area contributed by atoms with Gasteiger partial charge in [-0.3, -0.25) is 15.1 Å². The van der Waals surface area contributed by atoms with Crippen molar-refractivity contribution in [2.75, 3.05) is 23.3 Å². The number of halogens is 4. The van der Waals surface area contributed by atoms with Crippen LogP contribution >= 0.6 is 46.4 Å². The fraction of sp³-hybridized carbons (Fsp3) is 0.167. The molecule has 6 nitrogen and oxygen atoms in total. The summed E-state index contributed by atoms with van der Waals surface area (Å²) in [7, 11) is 0. The first-order valence-electron chi connectivity index (χ1n) is 8.25. The molecule has 28 heavy (non-hydrogen) atoms. The highest BCUT2D eigenvalue weighted by molar-refractivity contribution is 6.42. The lowest BCUT2D eigenvalue weighted by Crippen LogP contribution is -2.32. The van der Waals surface area contributed by atoms with E-state index < -0.39 is 0 Å². The number of carbonyl (C=O) groups is 1. The van der Waals surface area contributed by atoms with Gasteiger partial charge in [-0.15, -0.1) is 0 Å². The van der Waals surface area contributed by atoms with E-state index in [4.69, 9.17) is 46.4 Å². The minimum absolute atomic E-state index is 0.100. The van der Waals surface area contributed by atoms with Crippen LogP contribution in [0, 0.1) is 0 Å². The van der Waals surface area contributed by atoms with Gasteiger partial charge < -0.3 is 10.2 Å². The Morgan fingerprint density at radius 3 is 2.39 bits per heavy atom. The first-order chi connectivity index (χ1) is 13.4. The number of hydrogen-bond acceptors (Lipinski definition) is 2. The second-order valence-electron chi connectivity index (χ2n) is 5.72. The van der Waals surface area contributed by atoms with E-state index in [1.54, 1.807) is 41.3 Å². The Kier molecular flexibility index (Phi) is 6.67. The van der Waals surface area contributed by atoms with Gasteiger partial charge in [0.1, 0.15) is 6.54 Å². The van der Waals surface area contributed by atoms with Crippen LogP contribution in [-0.4, -0.2) is 30.9 Å². The predicted octanol–water partition coefficient (Wildman–Crippen LogP) is 5.08. The molecular formula is C18H15Cl4N5O. The molecule has 3 rings (SSSR count). The van der Waals surface area contributed by atoms with Crippen molar-refractivity contribution >= 4 is 75.6 Å². The molecule has 1 aliphatic rings. The number of guanidine groups is 2. The first kappa shape index (κ1) is 20.7. The van der Waals surface area contributed by atoms with Crippen LogP contribution < -0.4 is 15.5 Å². The van der Waals surface area contributed by atoms with E-state index in [0.717, 1.165) is 0 Å². The van der Waals surface area contributed by atoms with E-state index in [1.165, 1.54) is 0 Å². The summed E-state index contributed by atoms with van der Waals surface area (Å²) in [4.78, 5) is 22.5. The van der Waals surface area contributed by atoms with Gasteiger partial charge in [0.25, 0.3) is 0 Å². The summed E-state index contributed by atoms with van der Waals surface area (Å²) in [5, 5.41) is 7.46. The smallest absolute Gasteiger partial charge is 0.246 e. The van der Waals surface area contributed by atoms with Crippen LogP contribution in [0.2, 0.25) is 20.1 Å². The Morgan fingerprint density at radius 1 is 1.07 bits per heavy atom. The van der Waals surface area contributed by atoms with E-state index >= 15 is 0 Å². The molecular weight excluding hydrogens is 444 g/mol. The number of amides is 1. The van der Waals surface area contributed by atoms with E-state index in [2.05, 4.69) is 20.6 Å². The van der Waals surface area contributed by atoms with Gasteiger partial charge in [-0.1, -0.05) is 46.4 Å². The molecule has 1 aliphatic heterocycles. The van der Waals surface area contributed by atoms with Gasteiger partial charge in [-0.05, 0) is 43.3 Å². The second-order valence-corrected chi connectivity index (χ2v) is 7.35. The molecule has 1 fully saturated rings. The number of carbonyl (C=O) groups excluding carboxylic acids is 1. The Labute approximate surface area is 182 Å². The minimum atomic E-state index is -0.199. The largest absolute Gasteiger partial charge is 0.324 e. The van der Waals surface area contributed by atoms with Gasteiger partial charge >= 0.3 is 0 Å². The normalized spacial score (nSPS) is 15.9. The first-order valence-corrected chi connectivity index (χ1v) is 9.76. The summed E-state index contributed by atoms with van der Waals surface area (Å²) in [5.41, 5.74) is 1.34. The van der Waals surface area contributed by atoms with Gasteiger partial charge in [-0.2, -0.15) is 4.99 Å². The molecule has 0 aliphatic carbocycles. The van der Waals surface area contributed by atoms with Crippen molar-refractivity contribution in [3.63, 3.8) is 0 Å². The topological polar surface area (TPSA) is 69.1 Å². The van der Waals surface area contributed by atoms with Crippen molar-refractivity contribution in [2.45, 2.75) is 6.92 Å². The molecule has 2 aromatic carbocycles. The SMILES string of the molecule is CCN=C(N=C1NC(=O)CN1c1ccc(Cl)c(Cl)c1)Nc1ccc(Cl)c(Cl)c1. The fourth-order valence-corrected chi connectivity index (χ4v) is 3.05. The summed E-state index contributed by atoms with van der Waals surface area (Å²) in [6.07, 6.45) is 0. The average molecular weight is 459 g/mol. The number of rotatable bonds is 3.